The predicted octanol–water partition coefficient (Wildman–Crippen LogP) is -0.941. The first-order chi connectivity index (χ1) is 14.1. The number of nitrogens with one attached hydrogen (secondary N) is 2. The van der Waals surface area contributed by atoms with Gasteiger partial charge in [0.25, 0.3) is 5.56 Å². The van der Waals surface area contributed by atoms with Crippen molar-refractivity contribution in [2.45, 2.75) is 11.7 Å². The first-order valence-electron chi connectivity index (χ1n) is 8.65. The Morgan fingerprint density at radius 3 is 2.47 bits per heavy atom. The van der Waals surface area contributed by atoms with Crippen LogP contribution in [-0.2, 0) is 30.5 Å². The summed E-state index contributed by atoms with van der Waals surface area (Å²) in [5, 5.41) is -0.316. The van der Waals surface area contributed by atoms with Crippen LogP contribution in [0.15, 0.2) is 37.7 Å². The van der Waals surface area contributed by atoms with Crippen LogP contribution in [0.25, 0.3) is 22.2 Å². The zero-order chi connectivity index (χ0) is 21.8. The fourth-order valence-electron chi connectivity index (χ4n) is 3.21. The number of sulfone groups is 1. The second-order valence-electron chi connectivity index (χ2n) is 6.77. The van der Waals surface area contributed by atoms with Crippen LogP contribution in [0, 0.1) is 11.8 Å². The molecule has 0 aliphatic heterocycles. The molecule has 3 aromatic heterocycles. The molecule has 4 aromatic rings. The van der Waals surface area contributed by atoms with Crippen molar-refractivity contribution in [3.05, 3.63) is 55.1 Å². The molecule has 4 rings (SSSR count). The number of aromatic nitrogens is 6. The van der Waals surface area contributed by atoms with Gasteiger partial charge in [-0.1, -0.05) is 11.8 Å². The minimum atomic E-state index is -3.72. The Bertz CT molecular complexity index is 1680. The molecule has 0 radical (unpaired) electrons. The number of imidazole rings is 2. The molecule has 0 saturated carbocycles. The van der Waals surface area contributed by atoms with Crippen LogP contribution in [0.4, 0.5) is 0 Å². The van der Waals surface area contributed by atoms with Gasteiger partial charge in [-0.05, 0) is 18.2 Å². The summed E-state index contributed by atoms with van der Waals surface area (Å²) >= 11 is 0. The summed E-state index contributed by atoms with van der Waals surface area (Å²) in [4.78, 5) is 45.8. The highest BCUT2D eigenvalue weighted by Crippen LogP contribution is 2.14. The number of H-pyrrole nitrogens is 2. The van der Waals surface area contributed by atoms with Crippen molar-refractivity contribution in [1.82, 2.24) is 28.7 Å². The largest absolute Gasteiger partial charge is 0.333 e. The van der Waals surface area contributed by atoms with Crippen molar-refractivity contribution >= 4 is 32.0 Å². The molecule has 154 valence electrons. The van der Waals surface area contributed by atoms with Gasteiger partial charge in [-0.3, -0.25) is 13.9 Å². The number of fused-ring (bicyclic) bond motifs is 2. The van der Waals surface area contributed by atoms with Gasteiger partial charge in [-0.2, -0.15) is 4.98 Å². The van der Waals surface area contributed by atoms with Gasteiger partial charge in [0.15, 0.2) is 11.2 Å². The van der Waals surface area contributed by atoms with Crippen molar-refractivity contribution in [3.63, 3.8) is 0 Å². The van der Waals surface area contributed by atoms with Gasteiger partial charge in [-0.15, -0.1) is 0 Å². The van der Waals surface area contributed by atoms with E-state index in [1.807, 2.05) is 0 Å². The number of nitrogens with zero attached hydrogens (tertiary/aromatic N) is 4. The monoisotopic (exact) mass is 428 g/mol. The molecular weight excluding hydrogens is 412 g/mol. The Hall–Kier alpha value is -3.85. The molecule has 11 nitrogen and oxygen atoms in total. The minimum Gasteiger partial charge on any atom is -0.312 e. The molecule has 0 atom stereocenters. The van der Waals surface area contributed by atoms with E-state index in [-0.39, 0.29) is 28.6 Å². The Balaban J connectivity index is 1.85. The van der Waals surface area contributed by atoms with Crippen molar-refractivity contribution in [1.29, 1.82) is 0 Å². The maximum absolute atomic E-state index is 12.6. The smallest absolute Gasteiger partial charge is 0.312 e. The van der Waals surface area contributed by atoms with E-state index in [0.717, 1.165) is 20.0 Å². The summed E-state index contributed by atoms with van der Waals surface area (Å²) in [6.45, 7) is -0.120. The van der Waals surface area contributed by atoms with Gasteiger partial charge < -0.3 is 14.5 Å². The number of benzene rings is 1. The summed E-state index contributed by atoms with van der Waals surface area (Å²) < 4.78 is 27.2. The zero-order valence-electron chi connectivity index (χ0n) is 16.2. The zero-order valence-corrected chi connectivity index (χ0v) is 17.0. The predicted molar refractivity (Wildman–Crippen MR) is 109 cm³/mol. The van der Waals surface area contributed by atoms with Gasteiger partial charge in [0.05, 0.1) is 17.6 Å². The number of hydrogen-bond acceptors (Lipinski definition) is 6. The topological polar surface area (TPSA) is 145 Å². The van der Waals surface area contributed by atoms with Gasteiger partial charge in [0, 0.05) is 25.9 Å². The first-order valence-corrected chi connectivity index (χ1v) is 10.5. The van der Waals surface area contributed by atoms with Crippen molar-refractivity contribution in [2.24, 2.45) is 14.1 Å². The third kappa shape index (κ3) is 3.05. The molecule has 12 heteroatoms. The Morgan fingerprint density at radius 2 is 1.77 bits per heavy atom. The molecular formula is C18H16N6O5S. The lowest BCUT2D eigenvalue weighted by atomic mass is 10.2. The van der Waals surface area contributed by atoms with Gasteiger partial charge in [-0.25, -0.2) is 18.0 Å². The highest BCUT2D eigenvalue weighted by atomic mass is 32.2. The van der Waals surface area contributed by atoms with Crippen LogP contribution in [0.5, 0.6) is 0 Å². The number of hydrogen-bond donors (Lipinski definition) is 2. The van der Waals surface area contributed by atoms with E-state index in [1.54, 1.807) is 18.2 Å². The molecule has 1 aromatic carbocycles. The molecule has 30 heavy (non-hydrogen) atoms. The Morgan fingerprint density at radius 1 is 1.07 bits per heavy atom. The van der Waals surface area contributed by atoms with E-state index in [9.17, 15) is 22.8 Å². The van der Waals surface area contributed by atoms with Crippen LogP contribution in [0.1, 0.15) is 5.56 Å². The molecule has 0 bridgehead atoms. The lowest BCUT2D eigenvalue weighted by Crippen LogP contribution is -2.38. The maximum atomic E-state index is 12.6. The first kappa shape index (κ1) is 19.5. The highest BCUT2D eigenvalue weighted by molar-refractivity contribution is 7.90. The van der Waals surface area contributed by atoms with E-state index in [2.05, 4.69) is 26.8 Å². The summed E-state index contributed by atoms with van der Waals surface area (Å²) in [5.41, 5.74) is 0.142. The van der Waals surface area contributed by atoms with Crippen LogP contribution in [0.3, 0.4) is 0 Å². The fourth-order valence-corrected chi connectivity index (χ4v) is 4.06. The lowest BCUT2D eigenvalue weighted by molar-refractivity contribution is 0.586. The van der Waals surface area contributed by atoms with Gasteiger partial charge in [0.1, 0.15) is 0 Å². The average molecular weight is 428 g/mol. The summed E-state index contributed by atoms with van der Waals surface area (Å²) in [5.74, 6) is 5.72. The lowest BCUT2D eigenvalue weighted by Gasteiger charge is -2.05. The van der Waals surface area contributed by atoms with Crippen molar-refractivity contribution in [3.8, 4) is 11.8 Å². The van der Waals surface area contributed by atoms with Gasteiger partial charge >= 0.3 is 11.4 Å². The number of rotatable bonds is 2. The van der Waals surface area contributed by atoms with Crippen molar-refractivity contribution < 1.29 is 8.42 Å². The van der Waals surface area contributed by atoms with E-state index >= 15 is 0 Å². The van der Waals surface area contributed by atoms with Crippen LogP contribution in [0.2, 0.25) is 0 Å². The van der Waals surface area contributed by atoms with Crippen molar-refractivity contribution in [2.75, 3.05) is 6.26 Å². The second-order valence-corrected chi connectivity index (χ2v) is 8.68. The standard InChI is InChI=1S/C18H16N6O5S/c1-22-13-14(21-17(22)30(3,28)29)24(18(27)23(2)15(13)25)8-4-5-10-6-7-11-12(9-10)20-16(26)19-11/h6-7,9H,8H2,1-3H3,(H2,19,20,26). The second kappa shape index (κ2) is 6.60. The summed E-state index contributed by atoms with van der Waals surface area (Å²) in [7, 11) is -1.01. The third-order valence-corrected chi connectivity index (χ3v) is 5.66. The van der Waals surface area contributed by atoms with Crippen LogP contribution in [-0.4, -0.2) is 43.3 Å². The van der Waals surface area contributed by atoms with Gasteiger partial charge in [0.2, 0.25) is 15.0 Å². The number of aryl methyl sites for hydroxylation is 1. The number of aromatic amines is 2. The Labute approximate surface area is 168 Å². The quantitative estimate of drug-likeness (QED) is 0.394. The summed E-state index contributed by atoms with van der Waals surface area (Å²) in [6.07, 6.45) is 0.975. The minimum absolute atomic E-state index is 0.00866. The third-order valence-electron chi connectivity index (χ3n) is 4.63. The maximum Gasteiger partial charge on any atom is 0.333 e. The summed E-state index contributed by atoms with van der Waals surface area (Å²) in [6, 6.07) is 5.09. The molecule has 2 N–H and O–H groups in total. The molecule has 0 fully saturated rings. The van der Waals surface area contributed by atoms with E-state index in [1.165, 1.54) is 14.1 Å². The SMILES string of the molecule is Cn1c(=O)c2c(nc(S(C)(=O)=O)n2C)n(CC#Cc2ccc3[nH]c(=O)[nH]c3c2)c1=O. The average Bonchev–Trinajstić information content (AvgIpc) is 3.21. The van der Waals surface area contributed by atoms with E-state index < -0.39 is 21.1 Å². The van der Waals surface area contributed by atoms with Crippen LogP contribution >= 0.6 is 0 Å². The van der Waals surface area contributed by atoms with E-state index in [4.69, 9.17) is 0 Å². The van der Waals surface area contributed by atoms with E-state index in [0.29, 0.717) is 16.6 Å². The molecule has 0 aliphatic carbocycles. The normalized spacial score (nSPS) is 11.7. The molecule has 0 spiro atoms. The molecule has 0 aliphatic rings. The highest BCUT2D eigenvalue weighted by Gasteiger charge is 2.23. The molecule has 0 unspecified atom stereocenters. The molecule has 3 heterocycles. The molecule has 0 saturated heterocycles. The Kier molecular flexibility index (Phi) is 4.28. The van der Waals surface area contributed by atoms with Crippen LogP contribution < -0.4 is 16.9 Å². The molecule has 0 amide bonds. The fraction of sp³-hybridized carbons (Fsp3) is 0.222.